The number of pyridine rings is 1. The smallest absolute Gasteiger partial charge is 0.228 e. The Kier molecular flexibility index (Phi) is 3.69. The van der Waals surface area contributed by atoms with Crippen molar-refractivity contribution in [2.75, 3.05) is 5.43 Å². The zero-order valence-corrected chi connectivity index (χ0v) is 10.3. The number of hydrogen-bond donors (Lipinski definition) is 2. The second-order valence-electron chi connectivity index (χ2n) is 4.03. The first-order valence-electron chi connectivity index (χ1n) is 5.61. The van der Waals surface area contributed by atoms with Gasteiger partial charge in [0.2, 0.25) is 5.88 Å². The predicted molar refractivity (Wildman–Crippen MR) is 68.2 cm³/mol. The standard InChI is InChI=1S/C12H15N5O/c1-8(2)10-11(17-13)15-7-16-12(10)18-9-4-3-5-14-6-9/h3-8H,13H2,1-2H3,(H,15,16,17). The number of aromatic nitrogens is 3. The molecule has 0 fully saturated rings. The highest BCUT2D eigenvalue weighted by atomic mass is 16.5. The summed E-state index contributed by atoms with van der Waals surface area (Å²) in [6, 6.07) is 3.61. The third-order valence-corrected chi connectivity index (χ3v) is 2.41. The fourth-order valence-corrected chi connectivity index (χ4v) is 1.62. The van der Waals surface area contributed by atoms with E-state index >= 15 is 0 Å². The van der Waals surface area contributed by atoms with E-state index in [1.54, 1.807) is 18.5 Å². The average molecular weight is 245 g/mol. The van der Waals surface area contributed by atoms with Crippen LogP contribution in [-0.2, 0) is 0 Å². The van der Waals surface area contributed by atoms with Gasteiger partial charge in [0.05, 0.1) is 11.8 Å². The van der Waals surface area contributed by atoms with Crippen molar-refractivity contribution in [1.82, 2.24) is 15.0 Å². The van der Waals surface area contributed by atoms with Crippen molar-refractivity contribution < 1.29 is 4.74 Å². The maximum atomic E-state index is 5.70. The van der Waals surface area contributed by atoms with Gasteiger partial charge in [-0.05, 0) is 18.1 Å². The molecule has 6 nitrogen and oxygen atoms in total. The highest BCUT2D eigenvalue weighted by molar-refractivity contribution is 5.50. The van der Waals surface area contributed by atoms with E-state index in [-0.39, 0.29) is 5.92 Å². The van der Waals surface area contributed by atoms with Crippen LogP contribution in [0.3, 0.4) is 0 Å². The van der Waals surface area contributed by atoms with Gasteiger partial charge in [-0.1, -0.05) is 13.8 Å². The molecule has 0 aliphatic heterocycles. The molecule has 2 rings (SSSR count). The minimum atomic E-state index is 0.184. The number of nitrogen functional groups attached to an aromatic ring is 1. The molecule has 0 radical (unpaired) electrons. The number of nitrogens with zero attached hydrogens (tertiary/aromatic N) is 3. The molecule has 0 aliphatic rings. The van der Waals surface area contributed by atoms with Crippen molar-refractivity contribution in [3.05, 3.63) is 36.4 Å². The Morgan fingerprint density at radius 2 is 2.17 bits per heavy atom. The van der Waals surface area contributed by atoms with Crippen LogP contribution < -0.4 is 16.0 Å². The molecule has 3 N–H and O–H groups in total. The summed E-state index contributed by atoms with van der Waals surface area (Å²) in [4.78, 5) is 12.2. The van der Waals surface area contributed by atoms with Gasteiger partial charge >= 0.3 is 0 Å². The number of rotatable bonds is 4. The topological polar surface area (TPSA) is 86.0 Å². The molecule has 2 heterocycles. The maximum Gasteiger partial charge on any atom is 0.228 e. The molecule has 0 amide bonds. The summed E-state index contributed by atoms with van der Waals surface area (Å²) in [6.45, 7) is 4.05. The summed E-state index contributed by atoms with van der Waals surface area (Å²) in [5.74, 6) is 7.31. The van der Waals surface area contributed by atoms with Gasteiger partial charge in [0.1, 0.15) is 12.1 Å². The lowest BCUT2D eigenvalue weighted by molar-refractivity contribution is 0.450. The molecule has 94 valence electrons. The molecule has 0 unspecified atom stereocenters. The SMILES string of the molecule is CC(C)c1c(NN)ncnc1Oc1cccnc1. The van der Waals surface area contributed by atoms with Crippen molar-refractivity contribution in [1.29, 1.82) is 0 Å². The molecular formula is C12H15N5O. The Bertz CT molecular complexity index is 515. The quantitative estimate of drug-likeness (QED) is 0.633. The van der Waals surface area contributed by atoms with Crippen molar-refractivity contribution in [3.63, 3.8) is 0 Å². The van der Waals surface area contributed by atoms with Gasteiger partial charge in [-0.25, -0.2) is 15.8 Å². The van der Waals surface area contributed by atoms with Gasteiger partial charge in [-0.2, -0.15) is 0 Å². The van der Waals surface area contributed by atoms with E-state index in [0.29, 0.717) is 17.4 Å². The van der Waals surface area contributed by atoms with E-state index in [0.717, 1.165) is 5.56 Å². The van der Waals surface area contributed by atoms with Crippen LogP contribution >= 0.6 is 0 Å². The molecule has 0 aromatic carbocycles. The first kappa shape index (κ1) is 12.3. The van der Waals surface area contributed by atoms with Crippen LogP contribution in [0.5, 0.6) is 11.6 Å². The molecule has 0 atom stereocenters. The van der Waals surface area contributed by atoms with Gasteiger partial charge in [0, 0.05) is 6.20 Å². The number of anilines is 1. The number of ether oxygens (including phenoxy) is 1. The summed E-state index contributed by atoms with van der Waals surface area (Å²) in [5.41, 5.74) is 3.39. The van der Waals surface area contributed by atoms with Crippen molar-refractivity contribution in [3.8, 4) is 11.6 Å². The molecule has 0 spiro atoms. The molecule has 0 saturated heterocycles. The summed E-state index contributed by atoms with van der Waals surface area (Å²) >= 11 is 0. The van der Waals surface area contributed by atoms with Crippen LogP contribution in [0.15, 0.2) is 30.9 Å². The number of hydrogen-bond acceptors (Lipinski definition) is 6. The fourth-order valence-electron chi connectivity index (χ4n) is 1.62. The van der Waals surface area contributed by atoms with E-state index in [9.17, 15) is 0 Å². The van der Waals surface area contributed by atoms with Crippen molar-refractivity contribution >= 4 is 5.82 Å². The lowest BCUT2D eigenvalue weighted by Gasteiger charge is -2.15. The Balaban J connectivity index is 2.38. The molecule has 0 saturated carbocycles. The molecule has 0 aliphatic carbocycles. The van der Waals surface area contributed by atoms with E-state index in [1.165, 1.54) is 6.33 Å². The maximum absolute atomic E-state index is 5.70. The number of nitrogens with two attached hydrogens (primary N) is 1. The highest BCUT2D eigenvalue weighted by Gasteiger charge is 2.16. The molecular weight excluding hydrogens is 230 g/mol. The van der Waals surface area contributed by atoms with Crippen LogP contribution in [0.4, 0.5) is 5.82 Å². The first-order chi connectivity index (χ1) is 8.72. The second-order valence-corrected chi connectivity index (χ2v) is 4.03. The third-order valence-electron chi connectivity index (χ3n) is 2.41. The van der Waals surface area contributed by atoms with Gasteiger partial charge in [0.15, 0.2) is 5.82 Å². The molecule has 6 heteroatoms. The van der Waals surface area contributed by atoms with Gasteiger partial charge < -0.3 is 10.2 Å². The Morgan fingerprint density at radius 3 is 2.78 bits per heavy atom. The third kappa shape index (κ3) is 2.54. The first-order valence-corrected chi connectivity index (χ1v) is 5.61. The lowest BCUT2D eigenvalue weighted by atomic mass is 10.1. The average Bonchev–Trinajstić information content (AvgIpc) is 2.39. The molecule has 0 bridgehead atoms. The highest BCUT2D eigenvalue weighted by Crippen LogP contribution is 2.32. The van der Waals surface area contributed by atoms with Gasteiger partial charge in [-0.3, -0.25) is 4.98 Å². The van der Waals surface area contributed by atoms with Crippen LogP contribution in [0.2, 0.25) is 0 Å². The lowest BCUT2D eigenvalue weighted by Crippen LogP contribution is -2.13. The zero-order chi connectivity index (χ0) is 13.0. The van der Waals surface area contributed by atoms with Crippen molar-refractivity contribution in [2.24, 2.45) is 5.84 Å². The second kappa shape index (κ2) is 5.42. The summed E-state index contributed by atoms with van der Waals surface area (Å²) in [6.07, 6.45) is 4.72. The summed E-state index contributed by atoms with van der Waals surface area (Å²) in [5, 5.41) is 0. The van der Waals surface area contributed by atoms with E-state index in [1.807, 2.05) is 19.9 Å². The Morgan fingerprint density at radius 1 is 1.33 bits per heavy atom. The minimum absolute atomic E-state index is 0.184. The summed E-state index contributed by atoms with van der Waals surface area (Å²) in [7, 11) is 0. The normalized spacial score (nSPS) is 10.4. The molecule has 2 aromatic heterocycles. The van der Waals surface area contributed by atoms with Gasteiger partial charge in [-0.15, -0.1) is 0 Å². The Labute approximate surface area is 105 Å². The van der Waals surface area contributed by atoms with Crippen LogP contribution in [0.1, 0.15) is 25.3 Å². The monoisotopic (exact) mass is 245 g/mol. The van der Waals surface area contributed by atoms with Crippen LogP contribution in [0.25, 0.3) is 0 Å². The summed E-state index contributed by atoms with van der Waals surface area (Å²) < 4.78 is 5.70. The Hall–Kier alpha value is -2.21. The molecule has 2 aromatic rings. The van der Waals surface area contributed by atoms with E-state index in [2.05, 4.69) is 20.4 Å². The van der Waals surface area contributed by atoms with E-state index < -0.39 is 0 Å². The largest absolute Gasteiger partial charge is 0.437 e. The van der Waals surface area contributed by atoms with E-state index in [4.69, 9.17) is 10.6 Å². The van der Waals surface area contributed by atoms with Crippen LogP contribution in [0, 0.1) is 0 Å². The van der Waals surface area contributed by atoms with Crippen molar-refractivity contribution in [2.45, 2.75) is 19.8 Å². The van der Waals surface area contributed by atoms with Crippen LogP contribution in [-0.4, -0.2) is 15.0 Å². The molecule has 18 heavy (non-hydrogen) atoms. The van der Waals surface area contributed by atoms with Gasteiger partial charge in [0.25, 0.3) is 0 Å². The zero-order valence-electron chi connectivity index (χ0n) is 10.3. The number of nitrogens with one attached hydrogen (secondary N) is 1. The predicted octanol–water partition coefficient (Wildman–Crippen LogP) is 2.07. The fraction of sp³-hybridized carbons (Fsp3) is 0.250. The number of hydrazine groups is 1. The minimum Gasteiger partial charge on any atom is -0.437 e.